The van der Waals surface area contributed by atoms with Gasteiger partial charge in [-0.3, -0.25) is 0 Å². The molecule has 0 aromatic heterocycles. The molecule has 0 aliphatic rings. The number of nitrogens with zero attached hydrogens (tertiary/aromatic N) is 1. The highest BCUT2D eigenvalue weighted by Crippen LogP contribution is 1.62. The molecule has 0 amide bonds. The fourth-order valence-electron chi connectivity index (χ4n) is 0. The van der Waals surface area contributed by atoms with E-state index < -0.39 is 0 Å². The van der Waals surface area contributed by atoms with E-state index in [1.165, 1.54) is 0 Å². The molecular weight excluding hydrogens is 82.0 g/mol. The van der Waals surface area contributed by atoms with Crippen molar-refractivity contribution in [1.82, 2.24) is 0 Å². The summed E-state index contributed by atoms with van der Waals surface area (Å²) in [6, 6.07) is 0. The van der Waals surface area contributed by atoms with Gasteiger partial charge in [-0.05, 0) is 13.8 Å². The van der Waals surface area contributed by atoms with Crippen LogP contribution in [0.25, 0.3) is 0 Å². The zero-order chi connectivity index (χ0) is 4.28. The van der Waals surface area contributed by atoms with Gasteiger partial charge in [0.05, 0.1) is 5.71 Å². The van der Waals surface area contributed by atoms with Gasteiger partial charge in [-0.25, -0.2) is 0 Å². The molecule has 0 bridgehead atoms. The minimum Gasteiger partial charge on any atom is -0.412 e. The summed E-state index contributed by atoms with van der Waals surface area (Å²) in [5, 5.41) is 10.5. The summed E-state index contributed by atoms with van der Waals surface area (Å²) in [7, 11) is 0. The summed E-state index contributed by atoms with van der Waals surface area (Å²) in [5.74, 6) is 0. The van der Waals surface area contributed by atoms with E-state index >= 15 is 0 Å². The van der Waals surface area contributed by atoms with Crippen LogP contribution in [-0.4, -0.2) is 16.4 Å². The van der Waals surface area contributed by atoms with Crippen molar-refractivity contribution in [3.05, 3.63) is 0 Å². The van der Waals surface area contributed by atoms with Crippen LogP contribution in [0.3, 0.4) is 0 Å². The zero-order valence-electron chi connectivity index (χ0n) is 3.89. The summed E-state index contributed by atoms with van der Waals surface area (Å²) in [6.07, 6.45) is 0. The van der Waals surface area contributed by atoms with E-state index in [-0.39, 0.29) is 5.48 Å². The van der Waals surface area contributed by atoms with Crippen LogP contribution >= 0.6 is 0 Å². The van der Waals surface area contributed by atoms with Crippen LogP contribution in [0, 0.1) is 0 Å². The molecule has 0 saturated heterocycles. The van der Waals surface area contributed by atoms with Crippen LogP contribution in [0.2, 0.25) is 0 Å². The minimum absolute atomic E-state index is 0. The highest BCUT2D eigenvalue weighted by molar-refractivity contribution is 5.78. The molecule has 0 rings (SSSR count). The van der Waals surface area contributed by atoms with Crippen molar-refractivity contribution < 1.29 is 10.7 Å². The molecule has 6 heavy (non-hydrogen) atoms. The fourth-order valence-corrected chi connectivity index (χ4v) is 0. The lowest BCUT2D eigenvalue weighted by Gasteiger charge is -1.72. The van der Waals surface area contributed by atoms with E-state index in [9.17, 15) is 0 Å². The number of rotatable bonds is 0. The lowest BCUT2D eigenvalue weighted by Crippen LogP contribution is -1.74. The lowest BCUT2D eigenvalue weighted by molar-refractivity contribution is 0.318. The van der Waals surface area contributed by atoms with Crippen molar-refractivity contribution in [1.29, 1.82) is 0 Å². The molecule has 0 aliphatic heterocycles. The van der Waals surface area contributed by atoms with E-state index in [1.807, 2.05) is 0 Å². The molecule has 0 unspecified atom stereocenters. The summed E-state index contributed by atoms with van der Waals surface area (Å²) < 4.78 is 0. The third-order valence-corrected chi connectivity index (χ3v) is 0.200. The predicted molar refractivity (Wildman–Crippen MR) is 24.2 cm³/mol. The standard InChI is InChI=1S/C3H7NO.H2O/c1-3(2)4-5;/h5H,1-2H3;1H2. The smallest absolute Gasteiger partial charge is 0.0509 e. The van der Waals surface area contributed by atoms with Gasteiger partial charge in [-0.2, -0.15) is 0 Å². The highest BCUT2D eigenvalue weighted by atomic mass is 16.4. The number of oxime groups is 1. The van der Waals surface area contributed by atoms with Crippen LogP contribution in [-0.2, 0) is 0 Å². The Balaban J connectivity index is 0. The predicted octanol–water partition coefficient (Wildman–Crippen LogP) is 0.0317. The molecule has 0 radical (unpaired) electrons. The van der Waals surface area contributed by atoms with Crippen molar-refractivity contribution in [3.8, 4) is 0 Å². The Morgan fingerprint density at radius 3 is 1.67 bits per heavy atom. The summed E-state index contributed by atoms with van der Waals surface area (Å²) in [5.41, 5.74) is 0.685. The summed E-state index contributed by atoms with van der Waals surface area (Å²) in [4.78, 5) is 0. The van der Waals surface area contributed by atoms with E-state index in [0.717, 1.165) is 0 Å². The Labute approximate surface area is 36.6 Å². The van der Waals surface area contributed by atoms with Crippen molar-refractivity contribution in [2.24, 2.45) is 5.16 Å². The second-order valence-electron chi connectivity index (χ2n) is 1.05. The van der Waals surface area contributed by atoms with Gasteiger partial charge in [-0.15, -0.1) is 0 Å². The molecule has 3 N–H and O–H groups in total. The number of hydrogen-bond donors (Lipinski definition) is 1. The Kier molecular flexibility index (Phi) is 6.69. The maximum Gasteiger partial charge on any atom is 0.0509 e. The SMILES string of the molecule is CC(C)=NO.O. The first-order chi connectivity index (χ1) is 2.27. The van der Waals surface area contributed by atoms with Crippen molar-refractivity contribution in [2.75, 3.05) is 0 Å². The van der Waals surface area contributed by atoms with Gasteiger partial charge >= 0.3 is 0 Å². The first kappa shape index (κ1) is 9.06. The average Bonchev–Trinajstić information content (AvgIpc) is 1.38. The molecule has 0 aliphatic carbocycles. The Hall–Kier alpha value is -0.570. The molecule has 0 heterocycles. The molecule has 0 fully saturated rings. The fraction of sp³-hybridized carbons (Fsp3) is 0.667. The number of hydrogen-bond acceptors (Lipinski definition) is 2. The molecule has 3 nitrogen and oxygen atoms in total. The molecule has 38 valence electrons. The largest absolute Gasteiger partial charge is 0.412 e. The van der Waals surface area contributed by atoms with Gasteiger partial charge in [0, 0.05) is 0 Å². The maximum absolute atomic E-state index is 7.73. The van der Waals surface area contributed by atoms with Crippen LogP contribution in [0.5, 0.6) is 0 Å². The monoisotopic (exact) mass is 91.1 g/mol. The van der Waals surface area contributed by atoms with E-state index in [0.29, 0.717) is 5.71 Å². The first-order valence-electron chi connectivity index (χ1n) is 1.42. The zero-order valence-corrected chi connectivity index (χ0v) is 3.89. The maximum atomic E-state index is 7.73. The molecule has 0 saturated carbocycles. The van der Waals surface area contributed by atoms with Gasteiger partial charge in [-0.1, -0.05) is 5.16 Å². The van der Waals surface area contributed by atoms with Gasteiger partial charge in [0.1, 0.15) is 0 Å². The van der Waals surface area contributed by atoms with Crippen LogP contribution in [0.15, 0.2) is 5.16 Å². The first-order valence-corrected chi connectivity index (χ1v) is 1.42. The summed E-state index contributed by atoms with van der Waals surface area (Å²) >= 11 is 0. The molecule has 0 spiro atoms. The third kappa shape index (κ3) is 9.90. The third-order valence-electron chi connectivity index (χ3n) is 0.200. The Morgan fingerprint density at radius 2 is 1.67 bits per heavy atom. The van der Waals surface area contributed by atoms with Gasteiger partial charge in [0.25, 0.3) is 0 Å². The second kappa shape index (κ2) is 4.43. The van der Waals surface area contributed by atoms with Crippen molar-refractivity contribution in [3.63, 3.8) is 0 Å². The molecular formula is C3H9NO2. The van der Waals surface area contributed by atoms with Gasteiger partial charge in [0.15, 0.2) is 0 Å². The summed E-state index contributed by atoms with van der Waals surface area (Å²) in [6.45, 7) is 3.44. The average molecular weight is 91.1 g/mol. The Morgan fingerprint density at radius 1 is 1.50 bits per heavy atom. The normalized spacial score (nSPS) is 5.67. The van der Waals surface area contributed by atoms with Crippen LogP contribution in [0.4, 0.5) is 0 Å². The molecule has 0 aromatic rings. The Bertz CT molecular complexity index is 46.8. The van der Waals surface area contributed by atoms with Crippen molar-refractivity contribution in [2.45, 2.75) is 13.8 Å². The topological polar surface area (TPSA) is 64.1 Å². The van der Waals surface area contributed by atoms with E-state index in [2.05, 4.69) is 5.16 Å². The lowest BCUT2D eigenvalue weighted by atomic mass is 10.5. The molecule has 3 heteroatoms. The second-order valence-corrected chi connectivity index (χ2v) is 1.05. The highest BCUT2D eigenvalue weighted by Gasteiger charge is 1.65. The molecule has 0 aromatic carbocycles. The quantitative estimate of drug-likeness (QED) is 0.255. The van der Waals surface area contributed by atoms with E-state index in [4.69, 9.17) is 5.21 Å². The van der Waals surface area contributed by atoms with E-state index in [1.54, 1.807) is 13.8 Å². The van der Waals surface area contributed by atoms with Crippen LogP contribution in [0.1, 0.15) is 13.8 Å². The van der Waals surface area contributed by atoms with Crippen molar-refractivity contribution >= 4 is 5.71 Å². The van der Waals surface area contributed by atoms with Gasteiger partial charge < -0.3 is 10.7 Å². The minimum atomic E-state index is 0. The molecule has 0 atom stereocenters. The van der Waals surface area contributed by atoms with Gasteiger partial charge in [0.2, 0.25) is 0 Å². The van der Waals surface area contributed by atoms with Crippen LogP contribution < -0.4 is 0 Å².